The van der Waals surface area contributed by atoms with Crippen LogP contribution in [0.15, 0.2) is 51.8 Å². The first-order valence-electron chi connectivity index (χ1n) is 8.45. The maximum Gasteiger partial charge on any atom is 0.141 e. The molecular weight excluding hydrogens is 314 g/mol. The lowest BCUT2D eigenvalue weighted by molar-refractivity contribution is 0.523. The molecule has 0 bridgehead atoms. The van der Waals surface area contributed by atoms with E-state index in [1.54, 1.807) is 0 Å². The molecule has 0 aliphatic carbocycles. The van der Waals surface area contributed by atoms with E-state index in [1.165, 1.54) is 27.1 Å². The van der Waals surface area contributed by atoms with E-state index in [2.05, 4.69) is 69.4 Å². The van der Waals surface area contributed by atoms with Gasteiger partial charge in [0.1, 0.15) is 11.3 Å². The molecule has 0 amide bonds. The second-order valence-electron chi connectivity index (χ2n) is 7.58. The van der Waals surface area contributed by atoms with Gasteiger partial charge in [-0.25, -0.2) is 0 Å². The zero-order valence-corrected chi connectivity index (χ0v) is 15.5. The van der Waals surface area contributed by atoms with Crippen molar-refractivity contribution < 1.29 is 4.42 Å². The number of nitrogens with one attached hydrogen (secondary N) is 1. The quantitative estimate of drug-likeness (QED) is 0.594. The van der Waals surface area contributed by atoms with Gasteiger partial charge >= 0.3 is 0 Å². The van der Waals surface area contributed by atoms with Crippen LogP contribution in [0.4, 0.5) is 5.69 Å². The van der Waals surface area contributed by atoms with E-state index in [0.29, 0.717) is 0 Å². The molecule has 1 aliphatic rings. The standard InChI is InChI=1S/C21H23NOS/c1-13-11-14(21(2,3)4)9-10-16(13)22-17-12-24-20-15-7-5-6-8-18(15)23-19(17)20/h5-11,17,22H,12H2,1-4H3/t17-/m0/s1. The van der Waals surface area contributed by atoms with E-state index < -0.39 is 0 Å². The van der Waals surface area contributed by atoms with Gasteiger partial charge in [-0.2, -0.15) is 0 Å². The Bertz CT molecular complexity index is 904. The average molecular weight is 337 g/mol. The molecule has 4 rings (SSSR count). The van der Waals surface area contributed by atoms with Crippen molar-refractivity contribution in [2.45, 2.75) is 44.0 Å². The monoisotopic (exact) mass is 337 g/mol. The number of thioether (sulfide) groups is 1. The first-order chi connectivity index (χ1) is 11.4. The number of para-hydroxylation sites is 1. The third-order valence-corrected chi connectivity index (χ3v) is 5.92. The largest absolute Gasteiger partial charge is 0.458 e. The molecule has 1 N–H and O–H groups in total. The Balaban J connectivity index is 1.64. The number of hydrogen-bond donors (Lipinski definition) is 1. The summed E-state index contributed by atoms with van der Waals surface area (Å²) in [5.74, 6) is 2.10. The van der Waals surface area contributed by atoms with Gasteiger partial charge in [0.25, 0.3) is 0 Å². The zero-order valence-electron chi connectivity index (χ0n) is 14.6. The number of fused-ring (bicyclic) bond motifs is 3. The molecule has 0 saturated carbocycles. The van der Waals surface area contributed by atoms with Crippen LogP contribution in [-0.4, -0.2) is 5.75 Å². The molecule has 0 spiro atoms. The Morgan fingerprint density at radius 3 is 2.67 bits per heavy atom. The van der Waals surface area contributed by atoms with Gasteiger partial charge in [-0.3, -0.25) is 0 Å². The first kappa shape index (κ1) is 15.6. The minimum atomic E-state index is 0.179. The van der Waals surface area contributed by atoms with Crippen molar-refractivity contribution in [1.82, 2.24) is 0 Å². The van der Waals surface area contributed by atoms with Crippen LogP contribution in [0.2, 0.25) is 0 Å². The number of anilines is 1. The van der Waals surface area contributed by atoms with Crippen molar-refractivity contribution in [3.8, 4) is 0 Å². The number of benzene rings is 2. The number of rotatable bonds is 2. The maximum absolute atomic E-state index is 6.13. The Morgan fingerprint density at radius 2 is 1.92 bits per heavy atom. The summed E-state index contributed by atoms with van der Waals surface area (Å²) in [4.78, 5) is 1.30. The van der Waals surface area contributed by atoms with Crippen LogP contribution in [0.25, 0.3) is 11.0 Å². The van der Waals surface area contributed by atoms with Gasteiger partial charge in [0.15, 0.2) is 0 Å². The van der Waals surface area contributed by atoms with Crippen molar-refractivity contribution in [2.24, 2.45) is 0 Å². The maximum atomic E-state index is 6.13. The number of hydrogen-bond acceptors (Lipinski definition) is 3. The third-order valence-electron chi connectivity index (χ3n) is 4.71. The minimum Gasteiger partial charge on any atom is -0.458 e. The smallest absolute Gasteiger partial charge is 0.141 e. The van der Waals surface area contributed by atoms with Gasteiger partial charge in [-0.1, -0.05) is 45.0 Å². The Morgan fingerprint density at radius 1 is 1.12 bits per heavy atom. The van der Waals surface area contributed by atoms with Crippen LogP contribution in [0.1, 0.15) is 43.7 Å². The molecule has 1 aromatic heterocycles. The second kappa shape index (κ2) is 5.59. The summed E-state index contributed by atoms with van der Waals surface area (Å²) in [7, 11) is 0. The molecular formula is C21H23NOS. The molecule has 0 unspecified atom stereocenters. The second-order valence-corrected chi connectivity index (χ2v) is 8.61. The molecule has 2 heterocycles. The van der Waals surface area contributed by atoms with Gasteiger partial charge in [0.2, 0.25) is 0 Å². The highest BCUT2D eigenvalue weighted by atomic mass is 32.2. The molecule has 3 aromatic rings. The zero-order chi connectivity index (χ0) is 16.9. The van der Waals surface area contributed by atoms with E-state index >= 15 is 0 Å². The number of aryl methyl sites for hydroxylation is 1. The van der Waals surface area contributed by atoms with Gasteiger partial charge < -0.3 is 9.73 Å². The fourth-order valence-electron chi connectivity index (χ4n) is 3.25. The molecule has 24 heavy (non-hydrogen) atoms. The van der Waals surface area contributed by atoms with Crippen LogP contribution < -0.4 is 5.32 Å². The topological polar surface area (TPSA) is 25.2 Å². The van der Waals surface area contributed by atoms with E-state index in [0.717, 1.165) is 17.1 Å². The molecule has 124 valence electrons. The van der Waals surface area contributed by atoms with Crippen molar-refractivity contribution in [2.75, 3.05) is 11.1 Å². The highest BCUT2D eigenvalue weighted by Crippen LogP contribution is 2.46. The first-order valence-corrected chi connectivity index (χ1v) is 9.44. The number of furan rings is 1. The van der Waals surface area contributed by atoms with Crippen LogP contribution in [0.5, 0.6) is 0 Å². The molecule has 1 atom stereocenters. The van der Waals surface area contributed by atoms with Crippen LogP contribution in [0, 0.1) is 6.92 Å². The molecule has 2 aromatic carbocycles. The predicted molar refractivity (Wildman–Crippen MR) is 103 cm³/mol. The summed E-state index contributed by atoms with van der Waals surface area (Å²) in [6, 6.07) is 15.3. The van der Waals surface area contributed by atoms with Crippen molar-refractivity contribution >= 4 is 28.4 Å². The van der Waals surface area contributed by atoms with Gasteiger partial charge in [0.05, 0.1) is 10.9 Å². The van der Waals surface area contributed by atoms with Crippen molar-refractivity contribution in [3.05, 3.63) is 59.4 Å². The lowest BCUT2D eigenvalue weighted by atomic mass is 9.86. The Labute approximate surface area is 147 Å². The van der Waals surface area contributed by atoms with Crippen molar-refractivity contribution in [3.63, 3.8) is 0 Å². The van der Waals surface area contributed by atoms with Crippen LogP contribution in [0.3, 0.4) is 0 Å². The fourth-order valence-corrected chi connectivity index (χ4v) is 4.47. The Hall–Kier alpha value is -1.87. The van der Waals surface area contributed by atoms with E-state index in [-0.39, 0.29) is 11.5 Å². The fraction of sp³-hybridized carbons (Fsp3) is 0.333. The van der Waals surface area contributed by atoms with Gasteiger partial charge in [-0.15, -0.1) is 11.8 Å². The molecule has 3 heteroatoms. The molecule has 2 nitrogen and oxygen atoms in total. The highest BCUT2D eigenvalue weighted by molar-refractivity contribution is 7.99. The summed E-state index contributed by atoms with van der Waals surface area (Å²) in [6.45, 7) is 8.94. The summed E-state index contributed by atoms with van der Waals surface area (Å²) in [5, 5.41) is 4.93. The lowest BCUT2D eigenvalue weighted by Crippen LogP contribution is -2.13. The molecule has 1 aliphatic heterocycles. The van der Waals surface area contributed by atoms with E-state index in [1.807, 2.05) is 17.8 Å². The predicted octanol–water partition coefficient (Wildman–Crippen LogP) is 6.30. The van der Waals surface area contributed by atoms with Crippen molar-refractivity contribution in [1.29, 1.82) is 0 Å². The minimum absolute atomic E-state index is 0.179. The summed E-state index contributed by atoms with van der Waals surface area (Å²) < 4.78 is 6.13. The van der Waals surface area contributed by atoms with E-state index in [9.17, 15) is 0 Å². The van der Waals surface area contributed by atoms with Crippen LogP contribution >= 0.6 is 11.8 Å². The normalized spacial score (nSPS) is 17.2. The average Bonchev–Trinajstić information content (AvgIpc) is 3.08. The summed E-state index contributed by atoms with van der Waals surface area (Å²) >= 11 is 1.89. The third kappa shape index (κ3) is 2.61. The van der Waals surface area contributed by atoms with Gasteiger partial charge in [0, 0.05) is 16.8 Å². The Kier molecular flexibility index (Phi) is 3.65. The molecule has 0 saturated heterocycles. The lowest BCUT2D eigenvalue weighted by Gasteiger charge is -2.22. The van der Waals surface area contributed by atoms with Crippen LogP contribution in [-0.2, 0) is 5.41 Å². The summed E-state index contributed by atoms with van der Waals surface area (Å²) in [6.07, 6.45) is 0. The molecule has 0 fully saturated rings. The summed E-state index contributed by atoms with van der Waals surface area (Å²) in [5.41, 5.74) is 5.02. The SMILES string of the molecule is Cc1cc(C(C)(C)C)ccc1N[C@H]1CSc2c1oc1ccccc21. The highest BCUT2D eigenvalue weighted by Gasteiger charge is 2.30. The van der Waals surface area contributed by atoms with Gasteiger partial charge in [-0.05, 0) is 41.7 Å². The molecule has 0 radical (unpaired) electrons. The van der Waals surface area contributed by atoms with E-state index in [4.69, 9.17) is 4.42 Å².